The zero-order valence-corrected chi connectivity index (χ0v) is 20.6. The Hall–Kier alpha value is -3.33. The van der Waals surface area contributed by atoms with Crippen molar-refractivity contribution < 1.29 is 28.5 Å². The maximum absolute atomic E-state index is 12.9. The number of nitrogens with zero attached hydrogens (tertiary/aromatic N) is 2. The van der Waals surface area contributed by atoms with Crippen LogP contribution in [0.2, 0.25) is 0 Å². The fourth-order valence-electron chi connectivity index (χ4n) is 5.38. The standard InChI is InChI=1S/C26H23BrN2O6/c1-2-32-21-9-15(11-28-29-25(30)22-16-4-5-17(10-16)23(22)26(29)31)7-18(27)24(21)33-12-14-3-6-19-20(8-14)35-13-34-19/h3-9,11,16-17,22-23H,2,10,12-13H2,1H3/t16-,17-,22-,23+/m0/s1. The SMILES string of the molecule is CCOc1cc(C=NN2C(=O)[C@@H]3[C@H](C2=O)[C@H]2C=C[C@H]3C2)cc(Br)c1OCc1ccc2c(c1)OCO2. The summed E-state index contributed by atoms with van der Waals surface area (Å²) in [6, 6.07) is 9.26. The molecule has 4 atom stereocenters. The second-order valence-electron chi connectivity index (χ2n) is 8.97. The van der Waals surface area contributed by atoms with Gasteiger partial charge in [-0.15, -0.1) is 0 Å². The second kappa shape index (κ2) is 8.71. The van der Waals surface area contributed by atoms with Gasteiger partial charge in [-0.05, 0) is 76.5 Å². The number of fused-ring (bicyclic) bond motifs is 6. The summed E-state index contributed by atoms with van der Waals surface area (Å²) in [5.41, 5.74) is 1.60. The number of carbonyl (C=O) groups is 2. The third-order valence-corrected chi connectivity index (χ3v) is 7.51. The van der Waals surface area contributed by atoms with Gasteiger partial charge in [0.2, 0.25) is 6.79 Å². The molecule has 35 heavy (non-hydrogen) atoms. The van der Waals surface area contributed by atoms with Gasteiger partial charge in [-0.2, -0.15) is 10.1 Å². The van der Waals surface area contributed by atoms with Crippen LogP contribution in [0.5, 0.6) is 23.0 Å². The van der Waals surface area contributed by atoms with Gasteiger partial charge in [-0.25, -0.2) is 0 Å². The Morgan fingerprint density at radius 1 is 1.06 bits per heavy atom. The fraction of sp³-hybridized carbons (Fsp3) is 0.346. The van der Waals surface area contributed by atoms with Gasteiger partial charge in [0, 0.05) is 0 Å². The molecule has 0 unspecified atom stereocenters. The zero-order valence-electron chi connectivity index (χ0n) is 19.0. The minimum atomic E-state index is -0.271. The first kappa shape index (κ1) is 22.2. The lowest BCUT2D eigenvalue weighted by Crippen LogP contribution is -2.28. The highest BCUT2D eigenvalue weighted by Crippen LogP contribution is 2.52. The highest BCUT2D eigenvalue weighted by Gasteiger charge is 2.59. The van der Waals surface area contributed by atoms with E-state index in [1.807, 2.05) is 31.2 Å². The molecule has 0 aromatic heterocycles. The normalized spacial score (nSPS) is 25.7. The number of halogens is 1. The van der Waals surface area contributed by atoms with E-state index in [1.165, 1.54) is 6.21 Å². The van der Waals surface area contributed by atoms with Crippen molar-refractivity contribution in [3.05, 3.63) is 58.1 Å². The number of amides is 2. The van der Waals surface area contributed by atoms with Gasteiger partial charge in [0.25, 0.3) is 11.8 Å². The highest BCUT2D eigenvalue weighted by molar-refractivity contribution is 9.10. The van der Waals surface area contributed by atoms with Crippen molar-refractivity contribution in [3.63, 3.8) is 0 Å². The Bertz CT molecular complexity index is 1240. The molecule has 2 aliphatic heterocycles. The molecule has 0 spiro atoms. The van der Waals surface area contributed by atoms with Gasteiger partial charge >= 0.3 is 0 Å². The van der Waals surface area contributed by atoms with Crippen LogP contribution in [0.4, 0.5) is 0 Å². The molecule has 0 N–H and O–H groups in total. The summed E-state index contributed by atoms with van der Waals surface area (Å²) in [6.07, 6.45) is 6.54. The fourth-order valence-corrected chi connectivity index (χ4v) is 5.95. The van der Waals surface area contributed by atoms with Crippen molar-refractivity contribution in [1.29, 1.82) is 0 Å². The monoisotopic (exact) mass is 538 g/mol. The van der Waals surface area contributed by atoms with E-state index in [-0.39, 0.29) is 42.3 Å². The molecule has 8 nitrogen and oxygen atoms in total. The number of benzene rings is 2. The van der Waals surface area contributed by atoms with Crippen LogP contribution < -0.4 is 18.9 Å². The van der Waals surface area contributed by atoms with Crippen LogP contribution in [-0.4, -0.2) is 36.4 Å². The summed E-state index contributed by atoms with van der Waals surface area (Å²) in [4.78, 5) is 25.8. The molecule has 2 aromatic carbocycles. The van der Waals surface area contributed by atoms with E-state index in [0.29, 0.717) is 40.5 Å². The minimum Gasteiger partial charge on any atom is -0.490 e. The molecule has 2 bridgehead atoms. The number of carbonyl (C=O) groups excluding carboxylic acids is 2. The Morgan fingerprint density at radius 3 is 2.54 bits per heavy atom. The van der Waals surface area contributed by atoms with Gasteiger partial charge in [-0.1, -0.05) is 18.2 Å². The summed E-state index contributed by atoms with van der Waals surface area (Å²) < 4.78 is 23.4. The van der Waals surface area contributed by atoms with Gasteiger partial charge in [0.1, 0.15) is 6.61 Å². The molecule has 2 heterocycles. The van der Waals surface area contributed by atoms with Crippen LogP contribution >= 0.6 is 15.9 Å². The zero-order chi connectivity index (χ0) is 24.1. The van der Waals surface area contributed by atoms with Gasteiger partial charge in [0.15, 0.2) is 23.0 Å². The summed E-state index contributed by atoms with van der Waals surface area (Å²) in [6.45, 7) is 2.85. The van der Waals surface area contributed by atoms with Crippen LogP contribution in [0.3, 0.4) is 0 Å². The molecule has 0 radical (unpaired) electrons. The number of hydrogen-bond donors (Lipinski definition) is 0. The van der Waals surface area contributed by atoms with E-state index in [1.54, 1.807) is 6.07 Å². The first-order chi connectivity index (χ1) is 17.0. The number of hydrazone groups is 1. The third kappa shape index (κ3) is 3.78. The van der Waals surface area contributed by atoms with Crippen LogP contribution in [0.15, 0.2) is 52.1 Å². The molecule has 4 aliphatic rings. The number of allylic oxidation sites excluding steroid dienone is 2. The summed E-state index contributed by atoms with van der Waals surface area (Å²) >= 11 is 3.56. The number of hydrogen-bond acceptors (Lipinski definition) is 7. The molecule has 2 aromatic rings. The molecular weight excluding hydrogens is 516 g/mol. The maximum Gasteiger partial charge on any atom is 0.254 e. The van der Waals surface area contributed by atoms with E-state index in [4.69, 9.17) is 18.9 Å². The van der Waals surface area contributed by atoms with Crippen molar-refractivity contribution in [2.75, 3.05) is 13.4 Å². The molecule has 1 saturated heterocycles. The Morgan fingerprint density at radius 2 is 1.80 bits per heavy atom. The van der Waals surface area contributed by atoms with Gasteiger partial charge in [-0.3, -0.25) is 9.59 Å². The smallest absolute Gasteiger partial charge is 0.254 e. The predicted octanol–water partition coefficient (Wildman–Crippen LogP) is 4.30. The molecule has 180 valence electrons. The number of imide groups is 1. The molecule has 9 heteroatoms. The molecular formula is C26H23BrN2O6. The number of rotatable bonds is 7. The molecule has 2 amide bonds. The molecule has 2 aliphatic carbocycles. The molecule has 2 fully saturated rings. The summed E-state index contributed by atoms with van der Waals surface area (Å²) in [7, 11) is 0. The number of ether oxygens (including phenoxy) is 4. The lowest BCUT2D eigenvalue weighted by atomic mass is 9.85. The van der Waals surface area contributed by atoms with Crippen LogP contribution in [0.1, 0.15) is 24.5 Å². The molecule has 1 saturated carbocycles. The predicted molar refractivity (Wildman–Crippen MR) is 129 cm³/mol. The van der Waals surface area contributed by atoms with Crippen molar-refractivity contribution in [3.8, 4) is 23.0 Å². The first-order valence-corrected chi connectivity index (χ1v) is 12.4. The van der Waals surface area contributed by atoms with Crippen LogP contribution in [0, 0.1) is 23.7 Å². The molecule has 6 rings (SSSR count). The Balaban J connectivity index is 1.20. The average Bonchev–Trinajstić information content (AvgIpc) is 3.62. The summed E-state index contributed by atoms with van der Waals surface area (Å²) in [5.74, 6) is 1.84. The van der Waals surface area contributed by atoms with E-state index in [0.717, 1.165) is 22.7 Å². The first-order valence-electron chi connectivity index (χ1n) is 11.6. The van der Waals surface area contributed by atoms with Crippen LogP contribution in [0.25, 0.3) is 0 Å². The van der Waals surface area contributed by atoms with Crippen molar-refractivity contribution in [2.45, 2.75) is 20.0 Å². The topological polar surface area (TPSA) is 86.7 Å². The lowest BCUT2D eigenvalue weighted by molar-refractivity contribution is -0.140. The summed E-state index contributed by atoms with van der Waals surface area (Å²) in [5, 5.41) is 5.31. The average molecular weight is 539 g/mol. The van der Waals surface area contributed by atoms with E-state index in [2.05, 4.69) is 33.2 Å². The minimum absolute atomic E-state index is 0.154. The Kier molecular flexibility index (Phi) is 5.51. The van der Waals surface area contributed by atoms with Gasteiger partial charge in [0.05, 0.1) is 29.1 Å². The van der Waals surface area contributed by atoms with Crippen LogP contribution in [-0.2, 0) is 16.2 Å². The van der Waals surface area contributed by atoms with E-state index < -0.39 is 0 Å². The largest absolute Gasteiger partial charge is 0.490 e. The van der Waals surface area contributed by atoms with Crippen molar-refractivity contribution >= 4 is 34.0 Å². The van der Waals surface area contributed by atoms with E-state index in [9.17, 15) is 9.59 Å². The Labute approximate surface area is 210 Å². The van der Waals surface area contributed by atoms with Gasteiger partial charge < -0.3 is 18.9 Å². The quantitative estimate of drug-likeness (QED) is 0.297. The van der Waals surface area contributed by atoms with Crippen molar-refractivity contribution in [2.24, 2.45) is 28.8 Å². The second-order valence-corrected chi connectivity index (χ2v) is 9.83. The highest BCUT2D eigenvalue weighted by atomic mass is 79.9. The third-order valence-electron chi connectivity index (χ3n) is 6.92. The van der Waals surface area contributed by atoms with Crippen molar-refractivity contribution in [1.82, 2.24) is 5.01 Å². The maximum atomic E-state index is 12.9. The van der Waals surface area contributed by atoms with E-state index >= 15 is 0 Å². The lowest BCUT2D eigenvalue weighted by Gasteiger charge is -2.15.